The smallest absolute Gasteiger partial charge is 0.309 e. The zero-order valence-electron chi connectivity index (χ0n) is 32.4. The Hall–Kier alpha value is -5.11. The number of anilines is 2. The number of rotatable bonds is 8. The zero-order chi connectivity index (χ0) is 42.1. The lowest BCUT2D eigenvalue weighted by Gasteiger charge is -2.31. The van der Waals surface area contributed by atoms with Crippen molar-refractivity contribution in [2.24, 2.45) is 5.92 Å². The van der Waals surface area contributed by atoms with Crippen molar-refractivity contribution in [1.82, 2.24) is 8.88 Å². The van der Waals surface area contributed by atoms with Crippen LogP contribution in [0.3, 0.4) is 0 Å². The van der Waals surface area contributed by atoms with Gasteiger partial charge in [0.25, 0.3) is 10.1 Å². The standard InChI is InChI=1S/C43H41N3O11S3/c1-2-56-43(47)27-15-19-44(20-16-27)58(48,49)41-6-4-3-5-36(41)42-34-11-7-30(45-21-17-28-23-32(59(50,51)52)9-13-37(28)45)25-39(34)57-40-26-31(8-12-35(40)42)46-22-18-29-24-33(60(53,54)55)10-14-38(29)46/h3-14,23-27H,2,15-22H2,1H3,(H3-,50,51,52,53,54,55)/p+1. The molecule has 0 saturated carbocycles. The Morgan fingerprint density at radius 1 is 0.800 bits per heavy atom. The van der Waals surface area contributed by atoms with Gasteiger partial charge in [-0.25, -0.2) is 8.42 Å². The van der Waals surface area contributed by atoms with Crippen molar-refractivity contribution in [1.29, 1.82) is 0 Å². The maximum Gasteiger partial charge on any atom is 0.309 e. The molecule has 5 aliphatic rings. The summed E-state index contributed by atoms with van der Waals surface area (Å²) >= 11 is 0. The number of benzene rings is 5. The van der Waals surface area contributed by atoms with Crippen LogP contribution in [0.5, 0.6) is 0 Å². The lowest BCUT2D eigenvalue weighted by Crippen LogP contribution is -2.40. The van der Waals surface area contributed by atoms with Gasteiger partial charge < -0.3 is 27.7 Å². The Bertz CT molecular complexity index is 2990. The largest absolute Gasteiger partial charge is 0.466 e. The predicted molar refractivity (Wildman–Crippen MR) is 227 cm³/mol. The summed E-state index contributed by atoms with van der Waals surface area (Å²) in [6, 6.07) is 27.7. The van der Waals surface area contributed by atoms with Gasteiger partial charge in [-0.3, -0.25) is 9.35 Å². The van der Waals surface area contributed by atoms with Crippen molar-refractivity contribution in [2.45, 2.75) is 47.3 Å². The fourth-order valence-corrected chi connectivity index (χ4v) is 11.5. The van der Waals surface area contributed by atoms with E-state index in [4.69, 9.17) is 9.15 Å². The van der Waals surface area contributed by atoms with E-state index in [-0.39, 0.29) is 46.3 Å². The number of carbonyl (C=O) groups is 1. The maximum absolute atomic E-state index is 14.6. The van der Waals surface area contributed by atoms with E-state index in [2.05, 4.69) is 4.58 Å². The van der Waals surface area contributed by atoms with E-state index in [0.29, 0.717) is 72.2 Å². The Morgan fingerprint density at radius 3 is 2.30 bits per heavy atom. The summed E-state index contributed by atoms with van der Waals surface area (Å²) in [7, 11) is -12.3. The molecule has 0 aromatic heterocycles. The molecule has 0 unspecified atom stereocenters. The van der Waals surface area contributed by atoms with Crippen molar-refractivity contribution in [3.63, 3.8) is 0 Å². The van der Waals surface area contributed by atoms with Gasteiger partial charge in [0.15, 0.2) is 6.54 Å². The Labute approximate surface area is 348 Å². The lowest BCUT2D eigenvalue weighted by molar-refractivity contribution is -0.149. The minimum atomic E-state index is -4.38. The Kier molecular flexibility index (Phi) is 10.1. The predicted octanol–water partition coefficient (Wildman–Crippen LogP) is 7.35. The van der Waals surface area contributed by atoms with Crippen LogP contribution in [0.25, 0.3) is 33.4 Å². The first-order valence-electron chi connectivity index (χ1n) is 19.5. The molecule has 14 nitrogen and oxygen atoms in total. The SMILES string of the molecule is CCOC(=O)C1CCN(S(=O)(=O)c2ccccc2-c2c3ccc(=[N+]4CCc5cc(S(O)(O)O)ccc54)cc-3oc3cc(N4CCc5cc(S(=O)(=O)O)ccc54)ccc23)CC1. The molecule has 0 bridgehead atoms. The summed E-state index contributed by atoms with van der Waals surface area (Å²) in [6.45, 7) is 3.44. The highest BCUT2D eigenvalue weighted by Crippen LogP contribution is 2.47. The topological polar surface area (TPSA) is 198 Å². The summed E-state index contributed by atoms with van der Waals surface area (Å²) < 4.78 is 108. The second kappa shape index (κ2) is 15.1. The Balaban J connectivity index is 1.20. The van der Waals surface area contributed by atoms with E-state index in [9.17, 15) is 39.8 Å². The molecule has 17 heteroatoms. The molecule has 4 aliphatic heterocycles. The highest BCUT2D eigenvalue weighted by molar-refractivity contribution is 8.19. The number of carbonyl (C=O) groups excluding carboxylic acids is 1. The average Bonchev–Trinajstić information content (AvgIpc) is 3.86. The number of fused-ring (bicyclic) bond motifs is 4. The molecule has 0 radical (unpaired) electrons. The highest BCUT2D eigenvalue weighted by Gasteiger charge is 2.36. The highest BCUT2D eigenvalue weighted by atomic mass is 32.3. The third-order valence-electron chi connectivity index (χ3n) is 11.7. The number of hydrogen-bond donors (Lipinski definition) is 4. The van der Waals surface area contributed by atoms with Gasteiger partial charge in [-0.05, 0) is 86.3 Å². The molecule has 4 aromatic rings. The van der Waals surface area contributed by atoms with Crippen molar-refractivity contribution in [3.05, 3.63) is 114 Å². The first kappa shape index (κ1) is 40.3. The van der Waals surface area contributed by atoms with Gasteiger partial charge in [-0.2, -0.15) is 17.3 Å². The summed E-state index contributed by atoms with van der Waals surface area (Å²) in [6.07, 6.45) is 1.83. The molecule has 4 heterocycles. The van der Waals surface area contributed by atoms with Crippen LogP contribution < -0.4 is 14.8 Å². The molecule has 4 aromatic carbocycles. The van der Waals surface area contributed by atoms with Crippen LogP contribution >= 0.6 is 10.9 Å². The van der Waals surface area contributed by atoms with Crippen LogP contribution in [-0.2, 0) is 42.5 Å². The maximum atomic E-state index is 14.6. The van der Waals surface area contributed by atoms with Gasteiger partial charge >= 0.3 is 5.97 Å². The molecular formula is C43H42N3O11S3+. The van der Waals surface area contributed by atoms with E-state index in [1.54, 1.807) is 49.4 Å². The molecule has 1 fully saturated rings. The third-order valence-corrected chi connectivity index (χ3v) is 15.4. The number of hydrogen-bond acceptors (Lipinski definition) is 11. The lowest BCUT2D eigenvalue weighted by atomic mass is 9.93. The number of sulfonamides is 1. The molecule has 4 N–H and O–H groups in total. The third kappa shape index (κ3) is 7.17. The molecule has 60 heavy (non-hydrogen) atoms. The molecule has 1 saturated heterocycles. The molecule has 0 amide bonds. The van der Waals surface area contributed by atoms with Crippen LogP contribution in [0.15, 0.2) is 116 Å². The number of piperidine rings is 1. The first-order chi connectivity index (χ1) is 28.6. The summed E-state index contributed by atoms with van der Waals surface area (Å²) in [5, 5.41) is 1.44. The van der Waals surface area contributed by atoms with Crippen molar-refractivity contribution in [3.8, 4) is 22.5 Å². The van der Waals surface area contributed by atoms with Crippen LogP contribution in [0, 0.1) is 5.92 Å². The van der Waals surface area contributed by atoms with Gasteiger partial charge in [-0.15, -0.1) is 0 Å². The van der Waals surface area contributed by atoms with Crippen LogP contribution in [0.1, 0.15) is 30.9 Å². The summed E-state index contributed by atoms with van der Waals surface area (Å²) in [4.78, 5) is 14.5. The minimum Gasteiger partial charge on any atom is -0.466 e. The van der Waals surface area contributed by atoms with Crippen LogP contribution in [0.2, 0.25) is 0 Å². The van der Waals surface area contributed by atoms with Gasteiger partial charge in [0.05, 0.1) is 33.3 Å². The quantitative estimate of drug-likeness (QED) is 0.0514. The minimum absolute atomic E-state index is 0.0417. The van der Waals surface area contributed by atoms with Crippen molar-refractivity contribution in [2.75, 3.05) is 37.7 Å². The van der Waals surface area contributed by atoms with Gasteiger partial charge in [-0.1, -0.05) is 18.2 Å². The van der Waals surface area contributed by atoms with E-state index < -0.39 is 31.0 Å². The second-order valence-corrected chi connectivity index (χ2v) is 20.0. The van der Waals surface area contributed by atoms with E-state index in [0.717, 1.165) is 33.5 Å². The normalized spacial score (nSPS) is 17.6. The zero-order valence-corrected chi connectivity index (χ0v) is 34.8. The first-order valence-corrected chi connectivity index (χ1v) is 23.9. The summed E-state index contributed by atoms with van der Waals surface area (Å²) in [5.74, 6) is -0.209. The van der Waals surface area contributed by atoms with Crippen molar-refractivity contribution >= 4 is 65.0 Å². The monoisotopic (exact) mass is 872 g/mol. The van der Waals surface area contributed by atoms with E-state index >= 15 is 0 Å². The van der Waals surface area contributed by atoms with Gasteiger partial charge in [0.1, 0.15) is 22.2 Å². The molecule has 312 valence electrons. The molecular weight excluding hydrogens is 831 g/mol. The van der Waals surface area contributed by atoms with Crippen LogP contribution in [-0.4, -0.2) is 78.1 Å². The second-order valence-electron chi connectivity index (χ2n) is 15.1. The van der Waals surface area contributed by atoms with Gasteiger partial charge in [0.2, 0.25) is 21.1 Å². The fraction of sp³-hybridized carbons (Fsp3) is 0.256. The molecule has 1 aliphatic carbocycles. The van der Waals surface area contributed by atoms with Crippen molar-refractivity contribution < 1.29 is 49.0 Å². The molecule has 0 spiro atoms. The van der Waals surface area contributed by atoms with E-state index in [1.807, 2.05) is 41.3 Å². The Morgan fingerprint density at radius 2 is 1.55 bits per heavy atom. The van der Waals surface area contributed by atoms with Crippen LogP contribution in [0.4, 0.5) is 17.1 Å². The average molecular weight is 873 g/mol. The summed E-state index contributed by atoms with van der Waals surface area (Å²) in [5.41, 5.74) is 6.22. The number of esters is 1. The molecule has 9 rings (SSSR count). The molecule has 0 atom stereocenters. The van der Waals surface area contributed by atoms with Gasteiger partial charge in [0, 0.05) is 83.3 Å². The van der Waals surface area contributed by atoms with E-state index in [1.165, 1.54) is 22.5 Å². The number of nitrogens with zero attached hydrogens (tertiary/aromatic N) is 3. The fourth-order valence-electron chi connectivity index (χ4n) is 8.75. The number of ether oxygens (including phenoxy) is 1.